The summed E-state index contributed by atoms with van der Waals surface area (Å²) in [5.74, 6) is 0. The first-order valence-electron chi connectivity index (χ1n) is 20.8. The molecule has 4 heterocycles. The highest BCUT2D eigenvalue weighted by Crippen LogP contribution is 2.46. The lowest BCUT2D eigenvalue weighted by molar-refractivity contribution is 1.29. The molecule has 0 amide bonds. The first-order chi connectivity index (χ1) is 29.5. The zero-order chi connectivity index (χ0) is 39.7. The van der Waals surface area contributed by atoms with Crippen LogP contribution in [0.25, 0.3) is 91.3 Å². The number of fused-ring (bicyclic) bond motifs is 10. The monoisotopic (exact) mass is 798 g/mol. The van der Waals surface area contributed by atoms with Crippen molar-refractivity contribution in [1.29, 1.82) is 0 Å². The number of hydrogen-bond acceptors (Lipinski definition) is 2. The van der Waals surface area contributed by atoms with Crippen LogP contribution in [0.5, 0.6) is 0 Å². The number of aromatic nitrogens is 1. The fourth-order valence-electron chi connectivity index (χ4n) is 10.6. The number of rotatable bonds is 4. The predicted octanol–water partition coefficient (Wildman–Crippen LogP) is 14.9. The van der Waals surface area contributed by atoms with Crippen molar-refractivity contribution in [3.63, 3.8) is 0 Å². The Morgan fingerprint density at radius 2 is 0.983 bits per heavy atom. The predicted molar refractivity (Wildman–Crippen MR) is 263 cm³/mol. The lowest BCUT2D eigenvalue weighted by atomic mass is 10.0. The summed E-state index contributed by atoms with van der Waals surface area (Å²) in [5, 5.41) is 13.3. The van der Waals surface area contributed by atoms with E-state index in [0.29, 0.717) is 0 Å². The maximum Gasteiger partial charge on any atom is 0.113 e. The van der Waals surface area contributed by atoms with Crippen LogP contribution in [0.1, 0.15) is 0 Å². The Balaban J connectivity index is 1.11. The van der Waals surface area contributed by atoms with Gasteiger partial charge >= 0.3 is 0 Å². The Bertz CT molecular complexity index is 3750. The largest absolute Gasteiger partial charge is 0.310 e. The van der Waals surface area contributed by atoms with Gasteiger partial charge in [0.25, 0.3) is 0 Å². The van der Waals surface area contributed by atoms with Gasteiger partial charge < -0.3 is 9.30 Å². The smallest absolute Gasteiger partial charge is 0.113 e. The van der Waals surface area contributed by atoms with Gasteiger partial charge in [-0.05, 0) is 109 Å². The van der Waals surface area contributed by atoms with Gasteiger partial charge in [0.05, 0.1) is 16.6 Å². The molecule has 9 aromatic carbocycles. The topological polar surface area (TPSA) is 7.65 Å². The molecule has 0 saturated heterocycles. The molecule has 0 aliphatic carbocycles. The Labute approximate surface area is 352 Å². The second-order valence-electron chi connectivity index (χ2n) is 16.9. The third-order valence-corrected chi connectivity index (χ3v) is 18.0. The molecule has 0 spiro atoms. The maximum atomic E-state index is 2.57. The highest BCUT2D eigenvalue weighted by molar-refractivity contribution is 7.26. The molecule has 0 saturated carbocycles. The summed E-state index contributed by atoms with van der Waals surface area (Å²) in [4.78, 5) is 2.48. The third-order valence-electron chi connectivity index (χ3n) is 13.3. The van der Waals surface area contributed by atoms with Gasteiger partial charge in [-0.25, -0.2) is 0 Å². The molecule has 0 unspecified atom stereocenters. The zero-order valence-corrected chi connectivity index (χ0v) is 35.1. The number of thiophene rings is 1. The van der Waals surface area contributed by atoms with Crippen molar-refractivity contribution in [2.24, 2.45) is 0 Å². The van der Waals surface area contributed by atoms with Crippen LogP contribution in [0.2, 0.25) is 13.1 Å². The average Bonchev–Trinajstić information content (AvgIpc) is 3.93. The van der Waals surface area contributed by atoms with Crippen molar-refractivity contribution in [2.75, 3.05) is 4.90 Å². The summed E-state index contributed by atoms with van der Waals surface area (Å²) in [6.45, 7) is 5.01. The molecule has 0 atom stereocenters. The number of nitrogens with zero attached hydrogens (tertiary/aromatic N) is 2. The minimum absolute atomic E-state index is 1.14. The lowest BCUT2D eigenvalue weighted by Crippen LogP contribution is -2.49. The molecule has 0 bridgehead atoms. The van der Waals surface area contributed by atoms with Crippen LogP contribution in [0.3, 0.4) is 0 Å². The highest BCUT2D eigenvalue weighted by atomic mass is 32.1. The standard InChI is InChI=1S/C56H38N2SSi/c1-60(2)52-24-9-8-17-42(52)43-31-29-39(34-53(43)60)57(37-27-25-36(26-28-37)35-13-4-3-5-14-35)38-30-32-48-47(33-38)46-20-10-19-45-41-16-7-6-15-40(41)44-18-11-22-50-54(44)55-49(58(48)56(45)46)21-12-23-51(55)59-50/h3-34H,1-2H3. The fraction of sp³-hybridized carbons (Fsp3) is 0.0357. The van der Waals surface area contributed by atoms with Gasteiger partial charge in [-0.2, -0.15) is 0 Å². The first-order valence-corrected chi connectivity index (χ1v) is 24.7. The molecule has 0 radical (unpaired) electrons. The number of para-hydroxylation sites is 1. The van der Waals surface area contributed by atoms with E-state index in [1.165, 1.54) is 107 Å². The summed E-state index contributed by atoms with van der Waals surface area (Å²) in [7, 11) is -1.93. The van der Waals surface area contributed by atoms with Gasteiger partial charge in [0, 0.05) is 53.4 Å². The van der Waals surface area contributed by atoms with E-state index in [1.807, 2.05) is 11.3 Å². The van der Waals surface area contributed by atoms with Gasteiger partial charge in [-0.1, -0.05) is 147 Å². The number of anilines is 3. The normalized spacial score (nSPS) is 13.3. The van der Waals surface area contributed by atoms with E-state index in [2.05, 4.69) is 217 Å². The van der Waals surface area contributed by atoms with Gasteiger partial charge in [0.1, 0.15) is 8.07 Å². The van der Waals surface area contributed by atoms with Gasteiger partial charge in [0.2, 0.25) is 0 Å². The number of hydrogen-bond donors (Lipinski definition) is 0. The Hall–Kier alpha value is -6.98. The average molecular weight is 799 g/mol. The number of benzene rings is 9. The van der Waals surface area contributed by atoms with Crippen molar-refractivity contribution < 1.29 is 0 Å². The molecule has 13 rings (SSSR count). The molecule has 0 N–H and O–H groups in total. The summed E-state index contributed by atoms with van der Waals surface area (Å²) < 4.78 is 5.20. The first kappa shape index (κ1) is 33.9. The zero-order valence-electron chi connectivity index (χ0n) is 33.3. The van der Waals surface area contributed by atoms with Crippen molar-refractivity contribution >= 4 is 116 Å². The Kier molecular flexibility index (Phi) is 7.08. The summed E-state index contributed by atoms with van der Waals surface area (Å²) in [5.41, 5.74) is 12.4. The Morgan fingerprint density at radius 3 is 1.82 bits per heavy atom. The molecular formula is C56H38N2SSi. The van der Waals surface area contributed by atoms with Crippen LogP contribution < -0.4 is 15.3 Å². The SMILES string of the molecule is C[Si]1(C)c2ccccc2-c2ccc(N(c3ccc(-c4ccccc4)cc3)c3ccc4c(c3)c3cccc5c6ccccc6c6cccc7sc8cccc(c8c76)n4c53)cc21. The van der Waals surface area contributed by atoms with Crippen LogP contribution in [-0.4, -0.2) is 12.5 Å². The van der Waals surface area contributed by atoms with Crippen LogP contribution in [0, 0.1) is 0 Å². The lowest BCUT2D eigenvalue weighted by Gasteiger charge is -2.28. The molecule has 3 aromatic heterocycles. The van der Waals surface area contributed by atoms with Crippen molar-refractivity contribution in [3.05, 3.63) is 194 Å². The quantitative estimate of drug-likeness (QED) is 0.161. The minimum atomic E-state index is -1.93. The van der Waals surface area contributed by atoms with Gasteiger partial charge in [0.15, 0.2) is 0 Å². The second kappa shape index (κ2) is 12.5. The van der Waals surface area contributed by atoms with Gasteiger partial charge in [-0.15, -0.1) is 11.3 Å². The van der Waals surface area contributed by atoms with E-state index in [4.69, 9.17) is 0 Å². The summed E-state index contributed by atoms with van der Waals surface area (Å²) >= 11 is 1.90. The third kappa shape index (κ3) is 4.69. The minimum Gasteiger partial charge on any atom is -0.310 e. The molecule has 4 heteroatoms. The second-order valence-corrected chi connectivity index (χ2v) is 22.3. The van der Waals surface area contributed by atoms with E-state index >= 15 is 0 Å². The van der Waals surface area contributed by atoms with Crippen molar-refractivity contribution in [2.45, 2.75) is 13.1 Å². The molecule has 1 aliphatic heterocycles. The highest BCUT2D eigenvalue weighted by Gasteiger charge is 2.37. The molecule has 60 heavy (non-hydrogen) atoms. The van der Waals surface area contributed by atoms with E-state index in [-0.39, 0.29) is 0 Å². The molecule has 1 aliphatic rings. The maximum absolute atomic E-state index is 2.57. The molecule has 282 valence electrons. The van der Waals surface area contributed by atoms with Crippen molar-refractivity contribution in [3.8, 4) is 22.3 Å². The summed E-state index contributed by atoms with van der Waals surface area (Å²) in [6, 6.07) is 72.9. The van der Waals surface area contributed by atoms with Crippen LogP contribution >= 0.6 is 11.3 Å². The van der Waals surface area contributed by atoms with E-state index < -0.39 is 8.07 Å². The molecular weight excluding hydrogens is 761 g/mol. The molecule has 2 nitrogen and oxygen atoms in total. The van der Waals surface area contributed by atoms with Crippen LogP contribution in [-0.2, 0) is 0 Å². The van der Waals surface area contributed by atoms with E-state index in [1.54, 1.807) is 0 Å². The van der Waals surface area contributed by atoms with Crippen LogP contribution in [0.15, 0.2) is 194 Å². The fourth-order valence-corrected chi connectivity index (χ4v) is 14.8. The molecule has 0 fully saturated rings. The van der Waals surface area contributed by atoms with E-state index in [0.717, 1.165) is 11.4 Å². The van der Waals surface area contributed by atoms with Crippen LogP contribution in [0.4, 0.5) is 17.1 Å². The van der Waals surface area contributed by atoms with E-state index in [9.17, 15) is 0 Å². The Morgan fingerprint density at radius 1 is 0.400 bits per heavy atom. The van der Waals surface area contributed by atoms with Crippen molar-refractivity contribution in [1.82, 2.24) is 4.40 Å². The molecule has 12 aromatic rings. The van der Waals surface area contributed by atoms with Gasteiger partial charge in [-0.3, -0.25) is 0 Å². The summed E-state index contributed by atoms with van der Waals surface area (Å²) in [6.07, 6.45) is 0.